The largest absolute Gasteiger partial charge is 0.338 e. The van der Waals surface area contributed by atoms with Crippen LogP contribution >= 0.6 is 0 Å². The maximum absolute atomic E-state index is 12.9. The second-order valence-corrected chi connectivity index (χ2v) is 4.43. The molecule has 0 aromatic carbocycles. The number of halogens is 2. The lowest BCUT2D eigenvalue weighted by molar-refractivity contribution is -0.0499. The minimum atomic E-state index is -2.59. The van der Waals surface area contributed by atoms with E-state index in [2.05, 4.69) is 10.6 Å². The highest BCUT2D eigenvalue weighted by Gasteiger charge is 2.41. The predicted molar refractivity (Wildman–Crippen MR) is 57.4 cm³/mol. The summed E-state index contributed by atoms with van der Waals surface area (Å²) in [4.78, 5) is 11.1. The first kappa shape index (κ1) is 13.2. The molecular weight excluding hydrogens is 216 g/mol. The number of amides is 2. The Morgan fingerprint density at radius 3 is 2.31 bits per heavy atom. The summed E-state index contributed by atoms with van der Waals surface area (Å²) >= 11 is 0. The molecule has 0 heterocycles. The molecule has 1 saturated carbocycles. The van der Waals surface area contributed by atoms with Crippen LogP contribution in [0.3, 0.4) is 0 Å². The van der Waals surface area contributed by atoms with Crippen molar-refractivity contribution in [3.8, 4) is 0 Å². The first-order chi connectivity index (χ1) is 7.37. The van der Waals surface area contributed by atoms with Crippen molar-refractivity contribution >= 4 is 6.03 Å². The highest BCUT2D eigenvalue weighted by atomic mass is 19.3. The van der Waals surface area contributed by atoms with Gasteiger partial charge in [0.05, 0.1) is 0 Å². The van der Waals surface area contributed by atoms with Gasteiger partial charge in [-0.3, -0.25) is 0 Å². The standard InChI is InChI=1S/C10H19F2N3O/c1-2-14-8(16)15-7-9(13)3-5-10(11,12)6-4-9/h2-7,13H2,1H3,(H2,14,15,16). The van der Waals surface area contributed by atoms with E-state index < -0.39 is 11.5 Å². The zero-order valence-electron chi connectivity index (χ0n) is 9.48. The van der Waals surface area contributed by atoms with E-state index in [0.29, 0.717) is 6.54 Å². The zero-order chi connectivity index (χ0) is 12.2. The van der Waals surface area contributed by atoms with E-state index >= 15 is 0 Å². The summed E-state index contributed by atoms with van der Waals surface area (Å²) in [5, 5.41) is 5.17. The molecule has 4 N–H and O–H groups in total. The molecule has 0 atom stereocenters. The van der Waals surface area contributed by atoms with E-state index in [-0.39, 0.29) is 38.3 Å². The fourth-order valence-electron chi connectivity index (χ4n) is 1.77. The molecule has 16 heavy (non-hydrogen) atoms. The summed E-state index contributed by atoms with van der Waals surface area (Å²) in [5.41, 5.74) is 5.26. The number of hydrogen-bond donors (Lipinski definition) is 3. The van der Waals surface area contributed by atoms with Gasteiger partial charge >= 0.3 is 6.03 Å². The Kier molecular flexibility index (Phi) is 4.07. The highest BCUT2D eigenvalue weighted by molar-refractivity contribution is 5.73. The van der Waals surface area contributed by atoms with Gasteiger partial charge in [-0.1, -0.05) is 0 Å². The number of carbonyl (C=O) groups excluding carboxylic acids is 1. The zero-order valence-corrected chi connectivity index (χ0v) is 9.48. The van der Waals surface area contributed by atoms with E-state index in [0.717, 1.165) is 0 Å². The third-order valence-corrected chi connectivity index (χ3v) is 2.92. The minimum Gasteiger partial charge on any atom is -0.338 e. The van der Waals surface area contributed by atoms with Crippen molar-refractivity contribution in [2.75, 3.05) is 13.1 Å². The number of hydrogen-bond acceptors (Lipinski definition) is 2. The molecule has 1 fully saturated rings. The van der Waals surface area contributed by atoms with Crippen molar-refractivity contribution in [2.24, 2.45) is 5.73 Å². The van der Waals surface area contributed by atoms with Gasteiger partial charge in [-0.05, 0) is 19.8 Å². The average molecular weight is 235 g/mol. The molecule has 4 nitrogen and oxygen atoms in total. The van der Waals surface area contributed by atoms with Gasteiger partial charge in [-0.25, -0.2) is 13.6 Å². The maximum Gasteiger partial charge on any atom is 0.314 e. The van der Waals surface area contributed by atoms with Crippen LogP contribution in [0.4, 0.5) is 13.6 Å². The third-order valence-electron chi connectivity index (χ3n) is 2.92. The lowest BCUT2D eigenvalue weighted by Gasteiger charge is -2.37. The molecule has 1 aliphatic carbocycles. The Morgan fingerprint density at radius 1 is 1.25 bits per heavy atom. The van der Waals surface area contributed by atoms with Crippen molar-refractivity contribution in [1.29, 1.82) is 0 Å². The quantitative estimate of drug-likeness (QED) is 0.688. The van der Waals surface area contributed by atoms with E-state index in [1.165, 1.54) is 0 Å². The van der Waals surface area contributed by atoms with Crippen molar-refractivity contribution in [1.82, 2.24) is 10.6 Å². The van der Waals surface area contributed by atoms with Crippen molar-refractivity contribution in [3.63, 3.8) is 0 Å². The normalized spacial score (nSPS) is 22.5. The van der Waals surface area contributed by atoms with Gasteiger partial charge in [0.15, 0.2) is 0 Å². The molecule has 94 valence electrons. The molecule has 0 aromatic rings. The Labute approximate surface area is 94.0 Å². The monoisotopic (exact) mass is 235 g/mol. The third kappa shape index (κ3) is 3.92. The molecule has 1 aliphatic rings. The number of carbonyl (C=O) groups is 1. The van der Waals surface area contributed by atoms with Crippen molar-refractivity contribution < 1.29 is 13.6 Å². The molecule has 6 heteroatoms. The molecule has 0 aromatic heterocycles. The molecule has 0 aliphatic heterocycles. The van der Waals surface area contributed by atoms with E-state index in [1.807, 2.05) is 0 Å². The average Bonchev–Trinajstić information content (AvgIpc) is 2.21. The first-order valence-electron chi connectivity index (χ1n) is 5.55. The number of nitrogens with two attached hydrogens (primary N) is 1. The number of alkyl halides is 2. The highest BCUT2D eigenvalue weighted by Crippen LogP contribution is 2.36. The number of rotatable bonds is 3. The molecule has 1 rings (SSSR count). The molecule has 0 bridgehead atoms. The van der Waals surface area contributed by atoms with Crippen molar-refractivity contribution in [2.45, 2.75) is 44.1 Å². The number of urea groups is 1. The lowest BCUT2D eigenvalue weighted by atomic mass is 9.80. The molecule has 2 amide bonds. The van der Waals surface area contributed by atoms with E-state index in [4.69, 9.17) is 5.73 Å². The minimum absolute atomic E-state index is 0.194. The van der Waals surface area contributed by atoms with E-state index in [9.17, 15) is 13.6 Å². The predicted octanol–water partition coefficient (Wildman–Crippen LogP) is 1.21. The first-order valence-corrected chi connectivity index (χ1v) is 5.55. The Morgan fingerprint density at radius 2 is 1.81 bits per heavy atom. The maximum atomic E-state index is 12.9. The summed E-state index contributed by atoms with van der Waals surface area (Å²) in [5.74, 6) is -2.59. The van der Waals surface area contributed by atoms with Crippen LogP contribution < -0.4 is 16.4 Å². The Balaban J connectivity index is 2.34. The van der Waals surface area contributed by atoms with Gasteiger partial charge in [0.2, 0.25) is 5.92 Å². The fraction of sp³-hybridized carbons (Fsp3) is 0.900. The van der Waals surface area contributed by atoms with Crippen LogP contribution in [0.15, 0.2) is 0 Å². The van der Waals surface area contributed by atoms with Crippen LogP contribution in [0.1, 0.15) is 32.6 Å². The number of nitrogens with one attached hydrogen (secondary N) is 2. The van der Waals surface area contributed by atoms with E-state index in [1.54, 1.807) is 6.92 Å². The molecule has 0 radical (unpaired) electrons. The van der Waals surface area contributed by atoms with Gasteiger partial charge in [0.25, 0.3) is 0 Å². The van der Waals surface area contributed by atoms with Crippen molar-refractivity contribution in [3.05, 3.63) is 0 Å². The molecule has 0 unspecified atom stereocenters. The van der Waals surface area contributed by atoms with Crippen LogP contribution in [0, 0.1) is 0 Å². The van der Waals surface area contributed by atoms with Gasteiger partial charge in [0.1, 0.15) is 0 Å². The summed E-state index contributed by atoms with van der Waals surface area (Å²) in [6.45, 7) is 2.58. The van der Waals surface area contributed by atoms with Crippen LogP contribution in [-0.4, -0.2) is 30.6 Å². The Bertz CT molecular complexity index is 248. The smallest absolute Gasteiger partial charge is 0.314 e. The second kappa shape index (κ2) is 4.95. The summed E-state index contributed by atoms with van der Waals surface area (Å²) in [6.07, 6.45) is 0.0972. The van der Waals surface area contributed by atoms with Crippen LogP contribution in [-0.2, 0) is 0 Å². The second-order valence-electron chi connectivity index (χ2n) is 4.43. The van der Waals surface area contributed by atoms with Gasteiger partial charge in [-0.2, -0.15) is 0 Å². The molecule has 0 saturated heterocycles. The fourth-order valence-corrected chi connectivity index (χ4v) is 1.77. The van der Waals surface area contributed by atoms with Crippen LogP contribution in [0.5, 0.6) is 0 Å². The van der Waals surface area contributed by atoms with Gasteiger partial charge in [-0.15, -0.1) is 0 Å². The van der Waals surface area contributed by atoms with Gasteiger partial charge < -0.3 is 16.4 Å². The summed E-state index contributed by atoms with van der Waals surface area (Å²) < 4.78 is 25.8. The molecule has 0 spiro atoms. The lowest BCUT2D eigenvalue weighted by Crippen LogP contribution is -2.55. The van der Waals surface area contributed by atoms with Crippen LogP contribution in [0.2, 0.25) is 0 Å². The summed E-state index contributed by atoms with van der Waals surface area (Å²) in [6, 6.07) is -0.301. The van der Waals surface area contributed by atoms with Gasteiger partial charge in [0, 0.05) is 31.5 Å². The topological polar surface area (TPSA) is 67.2 Å². The molecular formula is C10H19F2N3O. The summed E-state index contributed by atoms with van der Waals surface area (Å²) in [7, 11) is 0. The van der Waals surface area contributed by atoms with Crippen LogP contribution in [0.25, 0.3) is 0 Å². The SMILES string of the molecule is CCNC(=O)NCC1(N)CCC(F)(F)CC1. The Hall–Kier alpha value is -0.910.